The minimum Gasteiger partial charge on any atom is -0.371 e. The molecule has 0 aromatic carbocycles. The van der Waals surface area contributed by atoms with Gasteiger partial charge in [0.1, 0.15) is 5.01 Å². The van der Waals surface area contributed by atoms with E-state index in [9.17, 15) is 0 Å². The molecule has 1 aliphatic heterocycles. The first-order valence-electron chi connectivity index (χ1n) is 6.29. The molecule has 1 fully saturated rings. The molecule has 17 heavy (non-hydrogen) atoms. The zero-order chi connectivity index (χ0) is 12.5. The summed E-state index contributed by atoms with van der Waals surface area (Å²) in [5.74, 6) is 0. The Balaban J connectivity index is 1.79. The molecule has 1 aromatic rings. The second-order valence-electron chi connectivity index (χ2n) is 5.50. The summed E-state index contributed by atoms with van der Waals surface area (Å²) in [4.78, 5) is 4.50. The van der Waals surface area contributed by atoms with Gasteiger partial charge in [0.25, 0.3) is 0 Å². The van der Waals surface area contributed by atoms with Gasteiger partial charge in [0.05, 0.1) is 17.7 Å². The summed E-state index contributed by atoms with van der Waals surface area (Å²) < 4.78 is 5.96. The first kappa shape index (κ1) is 13.0. The van der Waals surface area contributed by atoms with Crippen LogP contribution in [0.15, 0.2) is 5.38 Å². The smallest absolute Gasteiger partial charge is 0.110 e. The summed E-state index contributed by atoms with van der Waals surface area (Å²) in [6.45, 7) is 9.46. The van der Waals surface area contributed by atoms with E-state index in [1.54, 1.807) is 11.3 Å². The van der Waals surface area contributed by atoms with Crippen molar-refractivity contribution >= 4 is 11.3 Å². The molecule has 1 saturated heterocycles. The average Bonchev–Trinajstić information content (AvgIpc) is 2.81. The first-order chi connectivity index (χ1) is 7.96. The molecule has 0 aliphatic carbocycles. The van der Waals surface area contributed by atoms with Gasteiger partial charge in [-0.2, -0.15) is 0 Å². The molecular formula is C13H22N2OS. The summed E-state index contributed by atoms with van der Waals surface area (Å²) in [5, 5.41) is 6.78. The predicted octanol–water partition coefficient (Wildman–Crippen LogP) is 3.06. The molecule has 2 atom stereocenters. The van der Waals surface area contributed by atoms with E-state index in [1.165, 1.54) is 5.01 Å². The number of rotatable bonds is 4. The van der Waals surface area contributed by atoms with Crippen LogP contribution in [-0.4, -0.2) is 23.2 Å². The van der Waals surface area contributed by atoms with Gasteiger partial charge in [-0.25, -0.2) is 4.98 Å². The standard InChI is InChI=1S/C13H22N2OS/c1-9-8-17-12(15-9)10(2)14-7-11-5-6-13(3,4)16-11/h8,10-11,14H,5-7H2,1-4H3. The largest absolute Gasteiger partial charge is 0.371 e. The SMILES string of the molecule is Cc1csc(C(C)NCC2CCC(C)(C)O2)n1. The van der Waals surface area contributed by atoms with Crippen LogP contribution in [0.4, 0.5) is 0 Å². The highest BCUT2D eigenvalue weighted by Gasteiger charge is 2.31. The van der Waals surface area contributed by atoms with Crippen LogP contribution in [0.3, 0.4) is 0 Å². The fourth-order valence-electron chi connectivity index (χ4n) is 2.19. The van der Waals surface area contributed by atoms with E-state index in [0.29, 0.717) is 12.1 Å². The lowest BCUT2D eigenvalue weighted by Gasteiger charge is -2.20. The Labute approximate surface area is 108 Å². The van der Waals surface area contributed by atoms with Crippen molar-refractivity contribution in [2.24, 2.45) is 0 Å². The molecule has 0 spiro atoms. The highest BCUT2D eigenvalue weighted by molar-refractivity contribution is 7.09. The van der Waals surface area contributed by atoms with Crippen LogP contribution in [0.1, 0.15) is 50.4 Å². The zero-order valence-electron chi connectivity index (χ0n) is 11.1. The molecule has 0 bridgehead atoms. The molecule has 2 unspecified atom stereocenters. The fraction of sp³-hybridized carbons (Fsp3) is 0.769. The molecule has 1 aliphatic rings. The Bertz CT molecular complexity index is 375. The number of hydrogen-bond acceptors (Lipinski definition) is 4. The molecule has 2 rings (SSSR count). The van der Waals surface area contributed by atoms with E-state index in [4.69, 9.17) is 4.74 Å². The van der Waals surface area contributed by atoms with Crippen molar-refractivity contribution in [2.75, 3.05) is 6.54 Å². The fourth-order valence-corrected chi connectivity index (χ4v) is 3.02. The lowest BCUT2D eigenvalue weighted by molar-refractivity contribution is -0.0150. The Morgan fingerprint density at radius 2 is 2.41 bits per heavy atom. The highest BCUT2D eigenvalue weighted by Crippen LogP contribution is 2.29. The van der Waals surface area contributed by atoms with Crippen LogP contribution in [0.25, 0.3) is 0 Å². The van der Waals surface area contributed by atoms with Gasteiger partial charge in [-0.05, 0) is 40.5 Å². The van der Waals surface area contributed by atoms with Crippen molar-refractivity contribution in [3.63, 3.8) is 0 Å². The van der Waals surface area contributed by atoms with Crippen LogP contribution in [0.2, 0.25) is 0 Å². The van der Waals surface area contributed by atoms with Crippen molar-refractivity contribution in [3.8, 4) is 0 Å². The lowest BCUT2D eigenvalue weighted by atomic mass is 10.1. The van der Waals surface area contributed by atoms with E-state index in [2.05, 4.69) is 36.5 Å². The van der Waals surface area contributed by atoms with Crippen molar-refractivity contribution in [2.45, 2.75) is 58.3 Å². The van der Waals surface area contributed by atoms with Gasteiger partial charge in [-0.3, -0.25) is 0 Å². The molecule has 1 N–H and O–H groups in total. The van der Waals surface area contributed by atoms with Gasteiger partial charge in [0.2, 0.25) is 0 Å². The molecule has 2 heterocycles. The summed E-state index contributed by atoms with van der Waals surface area (Å²) in [6.07, 6.45) is 2.67. The predicted molar refractivity (Wildman–Crippen MR) is 71.5 cm³/mol. The summed E-state index contributed by atoms with van der Waals surface area (Å²) in [7, 11) is 0. The topological polar surface area (TPSA) is 34.1 Å². The number of hydrogen-bond donors (Lipinski definition) is 1. The van der Waals surface area contributed by atoms with Gasteiger partial charge in [0.15, 0.2) is 0 Å². The van der Waals surface area contributed by atoms with Gasteiger partial charge in [0, 0.05) is 17.6 Å². The maximum absolute atomic E-state index is 5.96. The van der Waals surface area contributed by atoms with E-state index in [1.807, 2.05) is 6.92 Å². The average molecular weight is 254 g/mol. The van der Waals surface area contributed by atoms with Crippen molar-refractivity contribution in [1.29, 1.82) is 0 Å². The maximum Gasteiger partial charge on any atom is 0.110 e. The van der Waals surface area contributed by atoms with Crippen LogP contribution < -0.4 is 5.32 Å². The number of nitrogens with one attached hydrogen (secondary N) is 1. The second-order valence-corrected chi connectivity index (χ2v) is 6.38. The van der Waals surface area contributed by atoms with Crippen molar-refractivity contribution in [1.82, 2.24) is 10.3 Å². The van der Waals surface area contributed by atoms with E-state index in [0.717, 1.165) is 25.1 Å². The second kappa shape index (κ2) is 5.04. The van der Waals surface area contributed by atoms with Crippen molar-refractivity contribution in [3.05, 3.63) is 16.1 Å². The molecule has 1 aromatic heterocycles. The minimum absolute atomic E-state index is 0.0629. The minimum atomic E-state index is 0.0629. The van der Waals surface area contributed by atoms with Crippen LogP contribution in [0.5, 0.6) is 0 Å². The molecule has 0 amide bonds. The third kappa shape index (κ3) is 3.50. The van der Waals surface area contributed by atoms with Gasteiger partial charge in [-0.1, -0.05) is 0 Å². The number of aryl methyl sites for hydroxylation is 1. The summed E-state index contributed by atoms with van der Waals surface area (Å²) in [5.41, 5.74) is 1.17. The zero-order valence-corrected chi connectivity index (χ0v) is 11.9. The third-order valence-corrected chi connectivity index (χ3v) is 4.36. The highest BCUT2D eigenvalue weighted by atomic mass is 32.1. The van der Waals surface area contributed by atoms with E-state index in [-0.39, 0.29) is 5.60 Å². The molecular weight excluding hydrogens is 232 g/mol. The third-order valence-electron chi connectivity index (χ3n) is 3.21. The lowest BCUT2D eigenvalue weighted by Crippen LogP contribution is -2.31. The number of thiazole rings is 1. The summed E-state index contributed by atoms with van der Waals surface area (Å²) in [6, 6.07) is 0.320. The number of aromatic nitrogens is 1. The van der Waals surface area contributed by atoms with E-state index >= 15 is 0 Å². The first-order valence-corrected chi connectivity index (χ1v) is 7.17. The Hall–Kier alpha value is -0.450. The Morgan fingerprint density at radius 1 is 1.65 bits per heavy atom. The number of nitrogens with zero attached hydrogens (tertiary/aromatic N) is 1. The molecule has 4 heteroatoms. The Morgan fingerprint density at radius 3 is 2.94 bits per heavy atom. The molecule has 0 radical (unpaired) electrons. The summed E-state index contributed by atoms with van der Waals surface area (Å²) >= 11 is 1.73. The quantitative estimate of drug-likeness (QED) is 0.896. The van der Waals surface area contributed by atoms with E-state index < -0.39 is 0 Å². The molecule has 0 saturated carbocycles. The monoisotopic (exact) mass is 254 g/mol. The number of ether oxygens (including phenoxy) is 1. The van der Waals surface area contributed by atoms with Gasteiger partial charge < -0.3 is 10.1 Å². The van der Waals surface area contributed by atoms with Gasteiger partial charge in [-0.15, -0.1) is 11.3 Å². The molecule has 96 valence electrons. The van der Waals surface area contributed by atoms with Gasteiger partial charge >= 0.3 is 0 Å². The normalized spacial score (nSPS) is 25.1. The van der Waals surface area contributed by atoms with Crippen LogP contribution >= 0.6 is 11.3 Å². The van der Waals surface area contributed by atoms with Crippen LogP contribution in [-0.2, 0) is 4.74 Å². The van der Waals surface area contributed by atoms with Crippen LogP contribution in [0, 0.1) is 6.92 Å². The Kier molecular flexibility index (Phi) is 3.85. The van der Waals surface area contributed by atoms with Crippen molar-refractivity contribution < 1.29 is 4.74 Å². The molecule has 3 nitrogen and oxygen atoms in total. The maximum atomic E-state index is 5.96.